The second kappa shape index (κ2) is 11.2. The molecule has 1 aromatic heterocycles. The Morgan fingerprint density at radius 1 is 1.10 bits per heavy atom. The summed E-state index contributed by atoms with van der Waals surface area (Å²) in [6, 6.07) is 13.6. The van der Waals surface area contributed by atoms with Gasteiger partial charge in [0, 0.05) is 22.7 Å². The predicted octanol–water partition coefficient (Wildman–Crippen LogP) is 5.01. The number of methoxy groups -OCH3 is 2. The van der Waals surface area contributed by atoms with E-state index in [-0.39, 0.29) is 12.3 Å². The van der Waals surface area contributed by atoms with Gasteiger partial charge < -0.3 is 14.8 Å². The van der Waals surface area contributed by atoms with Gasteiger partial charge in [0.25, 0.3) is 0 Å². The van der Waals surface area contributed by atoms with Crippen molar-refractivity contribution in [1.82, 2.24) is 10.3 Å². The molecular formula is C22H23ClN2O3S2. The molecule has 3 aromatic rings. The topological polar surface area (TPSA) is 60.5 Å². The molecule has 0 saturated carbocycles. The van der Waals surface area contributed by atoms with Crippen LogP contribution in [-0.4, -0.2) is 31.7 Å². The zero-order valence-electron chi connectivity index (χ0n) is 16.8. The molecule has 2 aromatic carbocycles. The summed E-state index contributed by atoms with van der Waals surface area (Å²) >= 11 is 9.13. The first kappa shape index (κ1) is 22.5. The number of ether oxygens (including phenoxy) is 2. The molecule has 0 spiro atoms. The van der Waals surface area contributed by atoms with Gasteiger partial charge in [0.05, 0.1) is 26.3 Å². The number of amides is 1. The van der Waals surface area contributed by atoms with Crippen molar-refractivity contribution in [2.45, 2.75) is 22.9 Å². The van der Waals surface area contributed by atoms with Gasteiger partial charge in [-0.05, 0) is 41.8 Å². The minimum absolute atomic E-state index is 0.0324. The Bertz CT molecular complexity index is 977. The number of benzene rings is 2. The number of nitrogens with zero attached hydrogens (tertiary/aromatic N) is 1. The van der Waals surface area contributed by atoms with Gasteiger partial charge in [0.1, 0.15) is 4.34 Å². The molecular weight excluding hydrogens is 440 g/mol. The highest BCUT2D eigenvalue weighted by molar-refractivity contribution is 8.00. The first-order valence-electron chi connectivity index (χ1n) is 9.36. The first-order chi connectivity index (χ1) is 14.6. The van der Waals surface area contributed by atoms with Crippen LogP contribution >= 0.6 is 34.7 Å². The molecule has 1 amide bonds. The third kappa shape index (κ3) is 6.65. The normalized spacial score (nSPS) is 10.6. The molecule has 0 aliphatic rings. The van der Waals surface area contributed by atoms with Crippen molar-refractivity contribution in [1.29, 1.82) is 0 Å². The van der Waals surface area contributed by atoms with Crippen molar-refractivity contribution in [3.63, 3.8) is 0 Å². The number of carbonyl (C=O) groups excluding carboxylic acids is 1. The predicted molar refractivity (Wildman–Crippen MR) is 123 cm³/mol. The third-order valence-electron chi connectivity index (χ3n) is 4.33. The molecule has 1 N–H and O–H groups in total. The molecule has 0 saturated heterocycles. The van der Waals surface area contributed by atoms with Crippen molar-refractivity contribution < 1.29 is 14.3 Å². The zero-order valence-corrected chi connectivity index (χ0v) is 19.2. The van der Waals surface area contributed by atoms with Crippen LogP contribution in [0.4, 0.5) is 0 Å². The van der Waals surface area contributed by atoms with Gasteiger partial charge in [-0.15, -0.1) is 11.3 Å². The molecule has 0 bridgehead atoms. The smallest absolute Gasteiger partial charge is 0.226 e. The number of halogens is 1. The van der Waals surface area contributed by atoms with Crippen LogP contribution < -0.4 is 14.8 Å². The van der Waals surface area contributed by atoms with E-state index >= 15 is 0 Å². The second-order valence-corrected chi connectivity index (χ2v) is 9.00. The summed E-state index contributed by atoms with van der Waals surface area (Å²) in [5.41, 5.74) is 3.05. The highest BCUT2D eigenvalue weighted by Crippen LogP contribution is 2.28. The Kier molecular flexibility index (Phi) is 8.42. The maximum Gasteiger partial charge on any atom is 0.226 e. The van der Waals surface area contributed by atoms with Crippen LogP contribution in [0.25, 0.3) is 0 Å². The standard InChI is InChI=1S/C22H23ClN2O3S2/c1-27-19-8-5-15(11-20(19)28-2)9-10-24-21(26)12-18-14-30-22(25-18)29-13-16-3-6-17(23)7-4-16/h3-8,11,14H,9-10,12-13H2,1-2H3,(H,24,26). The minimum Gasteiger partial charge on any atom is -0.493 e. The average Bonchev–Trinajstić information content (AvgIpc) is 3.20. The number of carbonyl (C=O) groups is 1. The fraction of sp³-hybridized carbons (Fsp3) is 0.273. The average molecular weight is 463 g/mol. The van der Waals surface area contributed by atoms with Crippen molar-refractivity contribution in [3.05, 3.63) is 69.7 Å². The van der Waals surface area contributed by atoms with E-state index in [2.05, 4.69) is 10.3 Å². The van der Waals surface area contributed by atoms with E-state index in [4.69, 9.17) is 21.1 Å². The van der Waals surface area contributed by atoms with Gasteiger partial charge in [-0.25, -0.2) is 4.98 Å². The Morgan fingerprint density at radius 3 is 2.57 bits per heavy atom. The van der Waals surface area contributed by atoms with Crippen molar-refractivity contribution in [2.24, 2.45) is 0 Å². The maximum absolute atomic E-state index is 12.2. The van der Waals surface area contributed by atoms with E-state index in [1.165, 1.54) is 5.56 Å². The molecule has 5 nitrogen and oxygen atoms in total. The van der Waals surface area contributed by atoms with Gasteiger partial charge in [-0.1, -0.05) is 41.6 Å². The first-order valence-corrected chi connectivity index (χ1v) is 11.6. The monoisotopic (exact) mass is 462 g/mol. The summed E-state index contributed by atoms with van der Waals surface area (Å²) < 4.78 is 11.5. The Morgan fingerprint density at radius 2 is 1.83 bits per heavy atom. The number of nitrogens with one attached hydrogen (secondary N) is 1. The summed E-state index contributed by atoms with van der Waals surface area (Å²) in [7, 11) is 3.22. The fourth-order valence-electron chi connectivity index (χ4n) is 2.77. The molecule has 0 unspecified atom stereocenters. The number of aromatic nitrogens is 1. The van der Waals surface area contributed by atoms with Gasteiger partial charge >= 0.3 is 0 Å². The summed E-state index contributed by atoms with van der Waals surface area (Å²) in [6.07, 6.45) is 0.995. The highest BCUT2D eigenvalue weighted by Gasteiger charge is 2.09. The van der Waals surface area contributed by atoms with Gasteiger partial charge in [-0.2, -0.15) is 0 Å². The van der Waals surface area contributed by atoms with Crippen LogP contribution in [0.15, 0.2) is 52.2 Å². The van der Waals surface area contributed by atoms with E-state index < -0.39 is 0 Å². The quantitative estimate of drug-likeness (QED) is 0.429. The summed E-state index contributed by atoms with van der Waals surface area (Å²) in [4.78, 5) is 16.8. The SMILES string of the molecule is COc1ccc(CCNC(=O)Cc2csc(SCc3ccc(Cl)cc3)n2)cc1OC. The number of hydrogen-bond acceptors (Lipinski definition) is 6. The number of thiazole rings is 1. The van der Waals surface area contributed by atoms with E-state index in [1.807, 2.05) is 47.8 Å². The second-order valence-electron chi connectivity index (χ2n) is 6.49. The van der Waals surface area contributed by atoms with E-state index in [9.17, 15) is 4.79 Å². The third-order valence-corrected chi connectivity index (χ3v) is 6.72. The van der Waals surface area contributed by atoms with E-state index in [0.29, 0.717) is 24.5 Å². The zero-order chi connectivity index (χ0) is 21.3. The highest BCUT2D eigenvalue weighted by atomic mass is 35.5. The maximum atomic E-state index is 12.2. The molecule has 0 radical (unpaired) electrons. The molecule has 3 rings (SSSR count). The molecule has 0 aliphatic heterocycles. The molecule has 158 valence electrons. The van der Waals surface area contributed by atoms with Crippen LogP contribution in [-0.2, 0) is 23.4 Å². The van der Waals surface area contributed by atoms with Gasteiger partial charge in [-0.3, -0.25) is 4.79 Å². The summed E-state index contributed by atoms with van der Waals surface area (Å²) in [6.45, 7) is 0.552. The Labute approximate surface area is 189 Å². The van der Waals surface area contributed by atoms with E-state index in [1.54, 1.807) is 37.3 Å². The molecule has 30 heavy (non-hydrogen) atoms. The van der Waals surface area contributed by atoms with Crippen LogP contribution in [0, 0.1) is 0 Å². The lowest BCUT2D eigenvalue weighted by Crippen LogP contribution is -2.27. The molecule has 0 aliphatic carbocycles. The molecule has 0 atom stereocenters. The van der Waals surface area contributed by atoms with Crippen molar-refractivity contribution in [2.75, 3.05) is 20.8 Å². The lowest BCUT2D eigenvalue weighted by Gasteiger charge is -2.10. The summed E-state index contributed by atoms with van der Waals surface area (Å²) in [5, 5.41) is 5.63. The Balaban J connectivity index is 1.42. The number of rotatable bonds is 10. The number of hydrogen-bond donors (Lipinski definition) is 1. The number of thioether (sulfide) groups is 1. The molecule has 8 heteroatoms. The summed E-state index contributed by atoms with van der Waals surface area (Å²) in [5.74, 6) is 2.17. The van der Waals surface area contributed by atoms with Crippen molar-refractivity contribution in [3.8, 4) is 11.5 Å². The largest absolute Gasteiger partial charge is 0.493 e. The van der Waals surface area contributed by atoms with Crippen LogP contribution in [0.5, 0.6) is 11.5 Å². The van der Waals surface area contributed by atoms with E-state index in [0.717, 1.165) is 26.4 Å². The van der Waals surface area contributed by atoms with Crippen molar-refractivity contribution >= 4 is 40.6 Å². The van der Waals surface area contributed by atoms with Gasteiger partial charge in [0.2, 0.25) is 5.91 Å². The Hall–Kier alpha value is -2.22. The fourth-order valence-corrected chi connectivity index (χ4v) is 4.70. The van der Waals surface area contributed by atoms with Crippen LogP contribution in [0.2, 0.25) is 5.02 Å². The molecule has 1 heterocycles. The lowest BCUT2D eigenvalue weighted by atomic mass is 10.1. The van der Waals surface area contributed by atoms with Crippen LogP contribution in [0.3, 0.4) is 0 Å². The van der Waals surface area contributed by atoms with Gasteiger partial charge in [0.15, 0.2) is 11.5 Å². The molecule has 0 fully saturated rings. The minimum atomic E-state index is -0.0324. The van der Waals surface area contributed by atoms with Crippen LogP contribution in [0.1, 0.15) is 16.8 Å². The lowest BCUT2D eigenvalue weighted by molar-refractivity contribution is -0.120.